The molecule has 0 aromatic carbocycles. The van der Waals surface area contributed by atoms with E-state index in [2.05, 4.69) is 17.1 Å². The summed E-state index contributed by atoms with van der Waals surface area (Å²) in [6.07, 6.45) is 0.822. The molecule has 0 unspecified atom stereocenters. The highest BCUT2D eigenvalue weighted by Crippen LogP contribution is 2.02. The molecule has 0 radical (unpaired) electrons. The first kappa shape index (κ1) is 6.10. The average molecular weight is 126 g/mol. The van der Waals surface area contributed by atoms with E-state index < -0.39 is 0 Å². The van der Waals surface area contributed by atoms with Crippen LogP contribution >= 0.6 is 0 Å². The maximum atomic E-state index is 5.47. The van der Waals surface area contributed by atoms with Gasteiger partial charge in [-0.15, -0.1) is 0 Å². The van der Waals surface area contributed by atoms with Crippen LogP contribution in [0.25, 0.3) is 0 Å². The lowest BCUT2D eigenvalue weighted by atomic mass is 10.4. The van der Waals surface area contributed by atoms with E-state index in [0.717, 1.165) is 12.3 Å². The molecule has 9 heavy (non-hydrogen) atoms. The number of hydrogen-bond donors (Lipinski definition) is 2. The van der Waals surface area contributed by atoms with Crippen LogP contribution in [0.2, 0.25) is 0 Å². The molecular formula is C5H10N4. The van der Waals surface area contributed by atoms with Crippen LogP contribution in [0.5, 0.6) is 0 Å². The van der Waals surface area contributed by atoms with Gasteiger partial charge in [0.25, 0.3) is 0 Å². The van der Waals surface area contributed by atoms with Crippen molar-refractivity contribution in [3.05, 3.63) is 12.4 Å². The third kappa shape index (κ3) is 0.882. The summed E-state index contributed by atoms with van der Waals surface area (Å²) in [7, 11) is 0. The van der Waals surface area contributed by atoms with Crippen LogP contribution in [0.4, 0.5) is 0 Å². The van der Waals surface area contributed by atoms with Gasteiger partial charge in [-0.1, -0.05) is 13.5 Å². The quantitative estimate of drug-likeness (QED) is 0.485. The summed E-state index contributed by atoms with van der Waals surface area (Å²) in [5.74, 6) is 6.92. The molecule has 50 valence electrons. The third-order valence-electron chi connectivity index (χ3n) is 1.20. The average Bonchev–Trinajstić information content (AvgIpc) is 2.15. The van der Waals surface area contributed by atoms with Gasteiger partial charge < -0.3 is 0 Å². The summed E-state index contributed by atoms with van der Waals surface area (Å²) in [4.78, 5) is 0. The number of hydrazine groups is 1. The highest BCUT2D eigenvalue weighted by Gasteiger charge is 2.13. The van der Waals surface area contributed by atoms with E-state index in [4.69, 9.17) is 5.84 Å². The van der Waals surface area contributed by atoms with E-state index in [1.165, 1.54) is 5.01 Å². The predicted molar refractivity (Wildman–Crippen MR) is 36.0 cm³/mol. The monoisotopic (exact) mass is 126 g/mol. The Labute approximate surface area is 54.0 Å². The molecule has 1 rings (SSSR count). The normalized spacial score (nSPS) is 17.8. The van der Waals surface area contributed by atoms with Crippen molar-refractivity contribution >= 4 is 5.84 Å². The van der Waals surface area contributed by atoms with Crippen LogP contribution < -0.4 is 11.3 Å². The van der Waals surface area contributed by atoms with E-state index in [1.54, 1.807) is 0 Å². The molecule has 4 nitrogen and oxygen atoms in total. The van der Waals surface area contributed by atoms with Crippen molar-refractivity contribution in [1.82, 2.24) is 10.4 Å². The Hall–Kier alpha value is -1.03. The van der Waals surface area contributed by atoms with Gasteiger partial charge in [0.2, 0.25) is 0 Å². The zero-order valence-corrected chi connectivity index (χ0v) is 5.39. The Bertz CT molecular complexity index is 160. The Morgan fingerprint density at radius 2 is 2.56 bits per heavy atom. The molecule has 0 atom stereocenters. The molecule has 0 amide bonds. The standard InChI is InChI=1S/C5H10N4/c1-3-5-8-7-4(2)9(5)6/h7H,2-3,6H2,1H3. The van der Waals surface area contributed by atoms with Crippen LogP contribution in [0.1, 0.15) is 13.3 Å². The first-order valence-corrected chi connectivity index (χ1v) is 2.82. The Morgan fingerprint density at radius 1 is 1.89 bits per heavy atom. The fourth-order valence-corrected chi connectivity index (χ4v) is 0.642. The molecule has 0 saturated heterocycles. The number of nitrogens with two attached hydrogens (primary N) is 1. The summed E-state index contributed by atoms with van der Waals surface area (Å²) in [6.45, 7) is 5.59. The Kier molecular flexibility index (Phi) is 1.40. The molecule has 0 spiro atoms. The first-order valence-electron chi connectivity index (χ1n) is 2.82. The van der Waals surface area contributed by atoms with Crippen LogP contribution in [-0.4, -0.2) is 10.8 Å². The summed E-state index contributed by atoms with van der Waals surface area (Å²) < 4.78 is 0. The second-order valence-electron chi connectivity index (χ2n) is 1.81. The summed E-state index contributed by atoms with van der Waals surface area (Å²) in [6, 6.07) is 0. The van der Waals surface area contributed by atoms with Crippen molar-refractivity contribution in [1.29, 1.82) is 0 Å². The van der Waals surface area contributed by atoms with Gasteiger partial charge >= 0.3 is 0 Å². The number of hydrazone groups is 1. The summed E-state index contributed by atoms with van der Waals surface area (Å²) in [5, 5.41) is 5.33. The second-order valence-corrected chi connectivity index (χ2v) is 1.81. The van der Waals surface area contributed by atoms with Crippen molar-refractivity contribution in [2.24, 2.45) is 10.9 Å². The smallest absolute Gasteiger partial charge is 0.144 e. The number of rotatable bonds is 1. The maximum Gasteiger partial charge on any atom is 0.144 e. The highest BCUT2D eigenvalue weighted by atomic mass is 15.6. The molecule has 1 aliphatic rings. The minimum atomic E-state index is 0.631. The molecular weight excluding hydrogens is 116 g/mol. The zero-order valence-electron chi connectivity index (χ0n) is 5.39. The SMILES string of the molecule is C=C1NN=C(CC)N1N. The van der Waals surface area contributed by atoms with Crippen molar-refractivity contribution in [2.45, 2.75) is 13.3 Å². The molecule has 0 fully saturated rings. The zero-order chi connectivity index (χ0) is 6.85. The predicted octanol–water partition coefficient (Wildman–Crippen LogP) is -0.0400. The molecule has 3 N–H and O–H groups in total. The fraction of sp³-hybridized carbons (Fsp3) is 0.400. The Morgan fingerprint density at radius 3 is 2.78 bits per heavy atom. The second kappa shape index (κ2) is 2.06. The Balaban J connectivity index is 2.66. The van der Waals surface area contributed by atoms with E-state index in [9.17, 15) is 0 Å². The minimum Gasteiger partial charge on any atom is -0.260 e. The molecule has 0 aromatic rings. The lowest BCUT2D eigenvalue weighted by Crippen LogP contribution is -2.33. The molecule has 1 aliphatic heterocycles. The molecule has 4 heteroatoms. The fourth-order valence-electron chi connectivity index (χ4n) is 0.642. The van der Waals surface area contributed by atoms with Gasteiger partial charge in [-0.05, 0) is 0 Å². The van der Waals surface area contributed by atoms with E-state index in [0.29, 0.717) is 5.82 Å². The van der Waals surface area contributed by atoms with Crippen molar-refractivity contribution in [2.75, 3.05) is 0 Å². The molecule has 1 heterocycles. The van der Waals surface area contributed by atoms with E-state index >= 15 is 0 Å². The van der Waals surface area contributed by atoms with Gasteiger partial charge in [-0.2, -0.15) is 5.10 Å². The van der Waals surface area contributed by atoms with E-state index in [-0.39, 0.29) is 0 Å². The number of nitrogens with one attached hydrogen (secondary N) is 1. The highest BCUT2D eigenvalue weighted by molar-refractivity contribution is 5.84. The van der Waals surface area contributed by atoms with Gasteiger partial charge in [0, 0.05) is 6.42 Å². The largest absolute Gasteiger partial charge is 0.260 e. The van der Waals surface area contributed by atoms with Crippen LogP contribution in [0.3, 0.4) is 0 Å². The lowest BCUT2D eigenvalue weighted by Gasteiger charge is -2.10. The maximum absolute atomic E-state index is 5.47. The number of amidine groups is 1. The van der Waals surface area contributed by atoms with Crippen LogP contribution in [0, 0.1) is 0 Å². The molecule has 0 bridgehead atoms. The van der Waals surface area contributed by atoms with Gasteiger partial charge in [0.05, 0.1) is 0 Å². The molecule has 0 saturated carbocycles. The van der Waals surface area contributed by atoms with Crippen LogP contribution in [-0.2, 0) is 0 Å². The third-order valence-corrected chi connectivity index (χ3v) is 1.20. The van der Waals surface area contributed by atoms with Gasteiger partial charge in [-0.3, -0.25) is 5.43 Å². The minimum absolute atomic E-state index is 0.631. The lowest BCUT2D eigenvalue weighted by molar-refractivity contribution is 0.535. The van der Waals surface area contributed by atoms with Crippen molar-refractivity contribution in [3.8, 4) is 0 Å². The van der Waals surface area contributed by atoms with Crippen LogP contribution in [0.15, 0.2) is 17.5 Å². The van der Waals surface area contributed by atoms with E-state index in [1.807, 2.05) is 6.92 Å². The van der Waals surface area contributed by atoms with Gasteiger partial charge in [0.15, 0.2) is 0 Å². The summed E-state index contributed by atoms with van der Waals surface area (Å²) in [5.41, 5.74) is 2.66. The van der Waals surface area contributed by atoms with Gasteiger partial charge in [-0.25, -0.2) is 10.9 Å². The van der Waals surface area contributed by atoms with Crippen molar-refractivity contribution < 1.29 is 0 Å². The number of nitrogens with zero attached hydrogens (tertiary/aromatic N) is 2. The molecule has 0 aromatic heterocycles. The molecule has 0 aliphatic carbocycles. The van der Waals surface area contributed by atoms with Crippen molar-refractivity contribution in [3.63, 3.8) is 0 Å². The number of hydrogen-bond acceptors (Lipinski definition) is 4. The topological polar surface area (TPSA) is 53.7 Å². The first-order chi connectivity index (χ1) is 4.25. The van der Waals surface area contributed by atoms with Gasteiger partial charge in [0.1, 0.15) is 11.7 Å². The summed E-state index contributed by atoms with van der Waals surface area (Å²) >= 11 is 0.